The van der Waals surface area contributed by atoms with Crippen molar-refractivity contribution in [1.82, 2.24) is 10.3 Å². The Balaban J connectivity index is 0.00000144. The number of benzene rings is 2. The zero-order chi connectivity index (χ0) is 14.2. The van der Waals surface area contributed by atoms with Crippen molar-refractivity contribution in [2.75, 3.05) is 13.1 Å². The first-order valence-electron chi connectivity index (χ1n) is 7.42. The molecule has 1 aliphatic heterocycles. The van der Waals surface area contributed by atoms with E-state index in [2.05, 4.69) is 16.4 Å². The van der Waals surface area contributed by atoms with Gasteiger partial charge in [-0.15, -0.1) is 12.4 Å². The molecule has 2 aromatic carbocycles. The van der Waals surface area contributed by atoms with Crippen molar-refractivity contribution in [1.29, 1.82) is 0 Å². The van der Waals surface area contributed by atoms with Gasteiger partial charge in [-0.05, 0) is 36.2 Å². The van der Waals surface area contributed by atoms with Crippen LogP contribution in [0.15, 0.2) is 42.5 Å². The summed E-state index contributed by atoms with van der Waals surface area (Å²) in [6.07, 6.45) is 1.99. The number of hydrogen-bond donors (Lipinski definition) is 2. The van der Waals surface area contributed by atoms with E-state index in [0.717, 1.165) is 37.0 Å². The molecule has 0 bridgehead atoms. The van der Waals surface area contributed by atoms with Crippen molar-refractivity contribution < 1.29 is 4.39 Å². The van der Waals surface area contributed by atoms with Crippen LogP contribution in [0, 0.1) is 5.82 Å². The first kappa shape index (κ1) is 15.1. The lowest BCUT2D eigenvalue weighted by molar-refractivity contribution is 0.631. The first-order valence-corrected chi connectivity index (χ1v) is 7.42. The van der Waals surface area contributed by atoms with E-state index in [0.29, 0.717) is 5.56 Å². The minimum Gasteiger partial charge on any atom is -0.358 e. The van der Waals surface area contributed by atoms with E-state index in [9.17, 15) is 4.39 Å². The number of rotatable bonds is 1. The van der Waals surface area contributed by atoms with Gasteiger partial charge in [0.15, 0.2) is 0 Å². The molecule has 0 spiro atoms. The fourth-order valence-electron chi connectivity index (χ4n) is 3.32. The Morgan fingerprint density at radius 1 is 0.864 bits per heavy atom. The summed E-state index contributed by atoms with van der Waals surface area (Å²) >= 11 is 0. The molecular weight excluding hydrogens is 299 g/mol. The molecule has 0 unspecified atom stereocenters. The van der Waals surface area contributed by atoms with Gasteiger partial charge in [-0.3, -0.25) is 0 Å². The predicted molar refractivity (Wildman–Crippen MR) is 91.2 cm³/mol. The Hall–Kier alpha value is -1.84. The molecule has 0 aliphatic carbocycles. The van der Waals surface area contributed by atoms with Gasteiger partial charge in [-0.25, -0.2) is 4.39 Å². The number of hydrogen-bond acceptors (Lipinski definition) is 1. The maximum atomic E-state index is 14.2. The summed E-state index contributed by atoms with van der Waals surface area (Å²) in [5, 5.41) is 4.60. The summed E-state index contributed by atoms with van der Waals surface area (Å²) in [6, 6.07) is 13.1. The molecule has 4 heteroatoms. The number of nitrogens with one attached hydrogen (secondary N) is 2. The summed E-state index contributed by atoms with van der Waals surface area (Å²) in [6.45, 7) is 1.97. The van der Waals surface area contributed by atoms with Crippen LogP contribution in [0.3, 0.4) is 0 Å². The largest absolute Gasteiger partial charge is 0.358 e. The molecule has 0 saturated heterocycles. The summed E-state index contributed by atoms with van der Waals surface area (Å²) in [4.78, 5) is 3.52. The minimum absolute atomic E-state index is 0. The van der Waals surface area contributed by atoms with Crippen molar-refractivity contribution in [3.8, 4) is 11.1 Å². The Morgan fingerprint density at radius 3 is 2.50 bits per heavy atom. The quantitative estimate of drug-likeness (QED) is 0.695. The fraction of sp³-hybridized carbons (Fsp3) is 0.222. The van der Waals surface area contributed by atoms with E-state index in [1.54, 1.807) is 6.07 Å². The fourth-order valence-corrected chi connectivity index (χ4v) is 3.32. The number of aromatic nitrogens is 1. The Bertz CT molecular complexity index is 810. The van der Waals surface area contributed by atoms with Crippen LogP contribution in [0.25, 0.3) is 22.0 Å². The highest BCUT2D eigenvalue weighted by Crippen LogP contribution is 2.35. The van der Waals surface area contributed by atoms with Gasteiger partial charge in [0.1, 0.15) is 5.82 Å². The van der Waals surface area contributed by atoms with E-state index in [1.165, 1.54) is 22.7 Å². The normalized spacial score (nSPS) is 14.2. The van der Waals surface area contributed by atoms with Gasteiger partial charge in [0.2, 0.25) is 0 Å². The third-order valence-corrected chi connectivity index (χ3v) is 4.28. The second kappa shape index (κ2) is 6.11. The molecule has 3 aromatic rings. The van der Waals surface area contributed by atoms with E-state index < -0.39 is 0 Å². The van der Waals surface area contributed by atoms with Gasteiger partial charge in [0, 0.05) is 35.1 Å². The standard InChI is InChI=1S/C18H17FN2.ClH/c19-15-6-2-1-4-12(15)13-5-3-7-17-18(13)14-8-10-20-11-9-16(14)21-17;/h1-7,20-21H,8-11H2;1H. The van der Waals surface area contributed by atoms with Crippen molar-refractivity contribution >= 4 is 23.3 Å². The van der Waals surface area contributed by atoms with Gasteiger partial charge in [0.25, 0.3) is 0 Å². The number of halogens is 2. The van der Waals surface area contributed by atoms with Gasteiger partial charge in [-0.2, -0.15) is 0 Å². The molecule has 2 nitrogen and oxygen atoms in total. The molecule has 2 heterocycles. The maximum Gasteiger partial charge on any atom is 0.131 e. The van der Waals surface area contributed by atoms with Crippen LogP contribution in [0.1, 0.15) is 11.3 Å². The molecule has 114 valence electrons. The number of H-pyrrole nitrogens is 1. The third kappa shape index (κ3) is 2.40. The Morgan fingerprint density at radius 2 is 1.64 bits per heavy atom. The Kier molecular flexibility index (Phi) is 4.19. The lowest BCUT2D eigenvalue weighted by atomic mass is 9.96. The van der Waals surface area contributed by atoms with Crippen LogP contribution in [0.2, 0.25) is 0 Å². The molecule has 4 rings (SSSR count). The average Bonchev–Trinajstić information content (AvgIpc) is 2.70. The molecular formula is C18H18ClFN2. The predicted octanol–water partition coefficient (Wildman–Crippen LogP) is 4.08. The molecule has 0 radical (unpaired) electrons. The van der Waals surface area contributed by atoms with E-state index in [4.69, 9.17) is 0 Å². The zero-order valence-corrected chi connectivity index (χ0v) is 13.0. The lowest BCUT2D eigenvalue weighted by Gasteiger charge is -2.07. The van der Waals surface area contributed by atoms with E-state index in [-0.39, 0.29) is 18.2 Å². The Labute approximate surface area is 135 Å². The van der Waals surface area contributed by atoms with Gasteiger partial charge >= 0.3 is 0 Å². The highest BCUT2D eigenvalue weighted by Gasteiger charge is 2.18. The summed E-state index contributed by atoms with van der Waals surface area (Å²) in [5.74, 6) is -0.160. The molecule has 22 heavy (non-hydrogen) atoms. The SMILES string of the molecule is Cl.Fc1ccccc1-c1cccc2[nH]c3c(c12)CCNCC3. The van der Waals surface area contributed by atoms with Crippen LogP contribution in [-0.2, 0) is 12.8 Å². The number of aromatic amines is 1. The van der Waals surface area contributed by atoms with Gasteiger partial charge in [-0.1, -0.05) is 30.3 Å². The van der Waals surface area contributed by atoms with Gasteiger partial charge in [0.05, 0.1) is 0 Å². The van der Waals surface area contributed by atoms with Crippen molar-refractivity contribution in [3.05, 3.63) is 59.5 Å². The first-order chi connectivity index (χ1) is 10.3. The highest BCUT2D eigenvalue weighted by atomic mass is 35.5. The summed E-state index contributed by atoms with van der Waals surface area (Å²) in [5.41, 5.74) is 5.42. The molecule has 0 saturated carbocycles. The smallest absolute Gasteiger partial charge is 0.131 e. The van der Waals surface area contributed by atoms with Crippen molar-refractivity contribution in [3.63, 3.8) is 0 Å². The van der Waals surface area contributed by atoms with Crippen LogP contribution in [-0.4, -0.2) is 18.1 Å². The van der Waals surface area contributed by atoms with E-state index in [1.807, 2.05) is 24.3 Å². The molecule has 0 fully saturated rings. The number of fused-ring (bicyclic) bond motifs is 3. The molecule has 1 aliphatic rings. The summed E-state index contributed by atoms with van der Waals surface area (Å²) in [7, 11) is 0. The summed E-state index contributed by atoms with van der Waals surface area (Å²) < 4.78 is 14.2. The third-order valence-electron chi connectivity index (χ3n) is 4.28. The van der Waals surface area contributed by atoms with Gasteiger partial charge < -0.3 is 10.3 Å². The molecule has 2 N–H and O–H groups in total. The second-order valence-corrected chi connectivity index (χ2v) is 5.54. The van der Waals surface area contributed by atoms with Crippen LogP contribution in [0.4, 0.5) is 4.39 Å². The second-order valence-electron chi connectivity index (χ2n) is 5.54. The molecule has 1 aromatic heterocycles. The van der Waals surface area contributed by atoms with Crippen LogP contribution < -0.4 is 5.32 Å². The van der Waals surface area contributed by atoms with E-state index >= 15 is 0 Å². The lowest BCUT2D eigenvalue weighted by Crippen LogP contribution is -2.16. The topological polar surface area (TPSA) is 27.8 Å². The molecule has 0 atom stereocenters. The molecule has 0 amide bonds. The van der Waals surface area contributed by atoms with Crippen molar-refractivity contribution in [2.24, 2.45) is 0 Å². The average molecular weight is 317 g/mol. The maximum absolute atomic E-state index is 14.2. The van der Waals surface area contributed by atoms with Crippen LogP contribution >= 0.6 is 12.4 Å². The minimum atomic E-state index is -0.160. The zero-order valence-electron chi connectivity index (χ0n) is 12.2. The highest BCUT2D eigenvalue weighted by molar-refractivity contribution is 5.98. The van der Waals surface area contributed by atoms with Crippen LogP contribution in [0.5, 0.6) is 0 Å². The monoisotopic (exact) mass is 316 g/mol. The van der Waals surface area contributed by atoms with Crippen molar-refractivity contribution in [2.45, 2.75) is 12.8 Å².